The molecule has 108 valence electrons. The van der Waals surface area contributed by atoms with E-state index in [1.807, 2.05) is 0 Å². The van der Waals surface area contributed by atoms with Crippen LogP contribution in [0.15, 0.2) is 54.1 Å². The third kappa shape index (κ3) is 2.77. The molecule has 0 aliphatic rings. The van der Waals surface area contributed by atoms with Gasteiger partial charge in [0.1, 0.15) is 4.90 Å². The third-order valence-electron chi connectivity index (χ3n) is 2.71. The Morgan fingerprint density at radius 1 is 1.14 bits per heavy atom. The number of rotatable bonds is 4. The number of pyridine rings is 1. The minimum absolute atomic E-state index is 0.0528. The number of anilines is 1. The van der Waals surface area contributed by atoms with E-state index in [2.05, 4.69) is 19.9 Å². The van der Waals surface area contributed by atoms with Gasteiger partial charge < -0.3 is 0 Å². The van der Waals surface area contributed by atoms with Gasteiger partial charge in [0.2, 0.25) is 0 Å². The summed E-state index contributed by atoms with van der Waals surface area (Å²) in [5, 5.41) is 7.92. The van der Waals surface area contributed by atoms with Gasteiger partial charge in [0.25, 0.3) is 10.0 Å². The maximum atomic E-state index is 12.2. The van der Waals surface area contributed by atoms with E-state index < -0.39 is 10.0 Å². The van der Waals surface area contributed by atoms with E-state index in [1.54, 1.807) is 37.6 Å². The molecule has 0 unspecified atom stereocenters. The third-order valence-corrected chi connectivity index (χ3v) is 4.05. The smallest absolute Gasteiger partial charge is 0.265 e. The molecular formula is C12H12N6O2S. The lowest BCUT2D eigenvalue weighted by atomic mass is 10.5. The first-order chi connectivity index (χ1) is 10.0. The predicted octanol–water partition coefficient (Wildman–Crippen LogP) is 0.802. The maximum Gasteiger partial charge on any atom is 0.265 e. The van der Waals surface area contributed by atoms with Crippen molar-refractivity contribution in [2.75, 3.05) is 4.72 Å². The minimum atomic E-state index is -3.70. The van der Waals surface area contributed by atoms with Gasteiger partial charge in [0.05, 0.1) is 24.3 Å². The van der Waals surface area contributed by atoms with Crippen molar-refractivity contribution in [1.82, 2.24) is 24.5 Å². The highest BCUT2D eigenvalue weighted by molar-refractivity contribution is 7.92. The van der Waals surface area contributed by atoms with Crippen molar-refractivity contribution in [1.29, 1.82) is 0 Å². The van der Waals surface area contributed by atoms with E-state index in [4.69, 9.17) is 0 Å². The first kappa shape index (κ1) is 13.3. The molecule has 3 aromatic heterocycles. The van der Waals surface area contributed by atoms with Crippen LogP contribution in [0.4, 0.5) is 5.69 Å². The molecule has 0 saturated heterocycles. The zero-order valence-corrected chi connectivity index (χ0v) is 11.9. The number of hydrogen-bond donors (Lipinski definition) is 1. The lowest BCUT2D eigenvalue weighted by molar-refractivity contribution is 0.601. The molecule has 0 radical (unpaired) electrons. The van der Waals surface area contributed by atoms with Crippen LogP contribution in [0.25, 0.3) is 5.82 Å². The standard InChI is InChI=1S/C12H12N6O2S/c1-17-8-10(6-14-17)16-21(19,20)11-7-15-18(9-11)12-4-2-3-5-13-12/h2-9,16H,1H3. The largest absolute Gasteiger partial charge is 0.276 e. The average Bonchev–Trinajstić information content (AvgIpc) is 3.09. The molecule has 3 aromatic rings. The van der Waals surface area contributed by atoms with Gasteiger partial charge in [-0.1, -0.05) is 6.07 Å². The zero-order chi connectivity index (χ0) is 14.9. The molecule has 9 heteroatoms. The summed E-state index contributed by atoms with van der Waals surface area (Å²) in [4.78, 5) is 4.16. The molecular weight excluding hydrogens is 292 g/mol. The summed E-state index contributed by atoms with van der Waals surface area (Å²) < 4.78 is 29.8. The Morgan fingerprint density at radius 3 is 2.67 bits per heavy atom. The van der Waals surface area contributed by atoms with E-state index >= 15 is 0 Å². The van der Waals surface area contributed by atoms with Crippen molar-refractivity contribution in [2.45, 2.75) is 4.90 Å². The van der Waals surface area contributed by atoms with E-state index in [-0.39, 0.29) is 4.90 Å². The monoisotopic (exact) mass is 304 g/mol. The van der Waals surface area contributed by atoms with Crippen molar-refractivity contribution in [2.24, 2.45) is 7.05 Å². The molecule has 0 atom stereocenters. The van der Waals surface area contributed by atoms with Crippen LogP contribution < -0.4 is 4.72 Å². The molecule has 3 heterocycles. The Balaban J connectivity index is 1.88. The van der Waals surface area contributed by atoms with Crippen LogP contribution in [0.3, 0.4) is 0 Å². The molecule has 0 saturated carbocycles. The van der Waals surface area contributed by atoms with Gasteiger partial charge in [-0.3, -0.25) is 9.40 Å². The Morgan fingerprint density at radius 2 is 2.00 bits per heavy atom. The number of aryl methyl sites for hydroxylation is 1. The second-order valence-corrected chi connectivity index (χ2v) is 6.00. The number of sulfonamides is 1. The quantitative estimate of drug-likeness (QED) is 0.769. The predicted molar refractivity (Wildman–Crippen MR) is 75.4 cm³/mol. The zero-order valence-electron chi connectivity index (χ0n) is 11.1. The molecule has 8 nitrogen and oxygen atoms in total. The Kier molecular flexibility index (Phi) is 3.18. The summed E-state index contributed by atoms with van der Waals surface area (Å²) in [5.74, 6) is 0.542. The van der Waals surface area contributed by atoms with Crippen LogP contribution in [0, 0.1) is 0 Å². The Hall–Kier alpha value is -2.68. The molecule has 0 aliphatic heterocycles. The van der Waals surface area contributed by atoms with Gasteiger partial charge in [-0.2, -0.15) is 10.2 Å². The molecule has 21 heavy (non-hydrogen) atoms. The van der Waals surface area contributed by atoms with Crippen LogP contribution in [-0.2, 0) is 17.1 Å². The molecule has 3 rings (SSSR count). The van der Waals surface area contributed by atoms with Crippen molar-refractivity contribution in [3.05, 3.63) is 49.2 Å². The van der Waals surface area contributed by atoms with Gasteiger partial charge >= 0.3 is 0 Å². The van der Waals surface area contributed by atoms with Gasteiger partial charge in [-0.05, 0) is 12.1 Å². The van der Waals surface area contributed by atoms with E-state index in [1.165, 1.54) is 28.0 Å². The summed E-state index contributed by atoms with van der Waals surface area (Å²) in [6, 6.07) is 5.30. The fourth-order valence-electron chi connectivity index (χ4n) is 1.75. The summed E-state index contributed by atoms with van der Waals surface area (Å²) in [6.07, 6.45) is 7.29. The van der Waals surface area contributed by atoms with Crippen LogP contribution >= 0.6 is 0 Å². The van der Waals surface area contributed by atoms with Gasteiger partial charge in [-0.15, -0.1) is 0 Å². The Bertz CT molecular complexity index is 853. The van der Waals surface area contributed by atoms with Crippen molar-refractivity contribution in [3.63, 3.8) is 0 Å². The molecule has 1 N–H and O–H groups in total. The second-order valence-electron chi connectivity index (χ2n) is 4.32. The van der Waals surface area contributed by atoms with Crippen LogP contribution in [-0.4, -0.2) is 33.0 Å². The molecule has 0 spiro atoms. The van der Waals surface area contributed by atoms with Crippen molar-refractivity contribution < 1.29 is 8.42 Å². The maximum absolute atomic E-state index is 12.2. The first-order valence-corrected chi connectivity index (χ1v) is 7.50. The lowest BCUT2D eigenvalue weighted by Crippen LogP contribution is -2.11. The molecule has 0 aromatic carbocycles. The van der Waals surface area contributed by atoms with Crippen molar-refractivity contribution >= 4 is 15.7 Å². The van der Waals surface area contributed by atoms with Crippen molar-refractivity contribution in [3.8, 4) is 5.82 Å². The minimum Gasteiger partial charge on any atom is -0.276 e. The number of nitrogens with one attached hydrogen (secondary N) is 1. The first-order valence-electron chi connectivity index (χ1n) is 6.02. The van der Waals surface area contributed by atoms with E-state index in [0.717, 1.165) is 0 Å². The fraction of sp³-hybridized carbons (Fsp3) is 0.0833. The van der Waals surface area contributed by atoms with Gasteiger partial charge in [-0.25, -0.2) is 18.1 Å². The van der Waals surface area contributed by atoms with Crippen LogP contribution in [0.1, 0.15) is 0 Å². The van der Waals surface area contributed by atoms with Crippen LogP contribution in [0.2, 0.25) is 0 Å². The summed E-state index contributed by atoms with van der Waals surface area (Å²) in [7, 11) is -2.00. The highest BCUT2D eigenvalue weighted by atomic mass is 32.2. The summed E-state index contributed by atoms with van der Waals surface area (Å²) in [5.41, 5.74) is 0.392. The summed E-state index contributed by atoms with van der Waals surface area (Å²) >= 11 is 0. The van der Waals surface area contributed by atoms with Gasteiger partial charge in [0, 0.05) is 19.4 Å². The average molecular weight is 304 g/mol. The summed E-state index contributed by atoms with van der Waals surface area (Å²) in [6.45, 7) is 0. The van der Waals surface area contributed by atoms with E-state index in [9.17, 15) is 8.42 Å². The number of aromatic nitrogens is 5. The highest BCUT2D eigenvalue weighted by Gasteiger charge is 2.18. The normalized spacial score (nSPS) is 11.5. The lowest BCUT2D eigenvalue weighted by Gasteiger charge is -2.02. The Labute approximate surface area is 121 Å². The highest BCUT2D eigenvalue weighted by Crippen LogP contribution is 2.15. The number of hydrogen-bond acceptors (Lipinski definition) is 5. The van der Waals surface area contributed by atoms with Gasteiger partial charge in [0.15, 0.2) is 5.82 Å². The molecule has 0 fully saturated rings. The molecule has 0 amide bonds. The van der Waals surface area contributed by atoms with Crippen LogP contribution in [0.5, 0.6) is 0 Å². The SMILES string of the molecule is Cn1cc(NS(=O)(=O)c2cnn(-c3ccccn3)c2)cn1. The number of nitrogens with zero attached hydrogens (tertiary/aromatic N) is 5. The second kappa shape index (κ2) is 5.02. The molecule has 0 bridgehead atoms. The fourth-order valence-corrected chi connectivity index (χ4v) is 2.71. The topological polar surface area (TPSA) is 94.7 Å². The van der Waals surface area contributed by atoms with E-state index in [0.29, 0.717) is 11.5 Å². The molecule has 0 aliphatic carbocycles.